The number of hydrogen-bond acceptors (Lipinski definition) is 6. The number of benzene rings is 1. The van der Waals surface area contributed by atoms with E-state index in [1.807, 2.05) is 0 Å². The molecular formula is C16H20N4O4. The maximum atomic E-state index is 12.5. The topological polar surface area (TPSA) is 94.5 Å². The standard InChI is InChI=1S/C16H20N4O4/c1-17-15(11-8-18-20(2)9-11)16(22)19-12-5-4-6-13(7-12)24-10-14(21)23-3/h4-9,15,17H,10H2,1-3H3,(H,19,22). The Morgan fingerprint density at radius 1 is 1.38 bits per heavy atom. The molecule has 0 bridgehead atoms. The highest BCUT2D eigenvalue weighted by molar-refractivity contribution is 5.95. The van der Waals surface area contributed by atoms with Crippen LogP contribution in [0.3, 0.4) is 0 Å². The molecule has 1 heterocycles. The first-order chi connectivity index (χ1) is 11.5. The van der Waals surface area contributed by atoms with Gasteiger partial charge < -0.3 is 20.1 Å². The number of carbonyl (C=O) groups excluding carboxylic acids is 2. The quantitative estimate of drug-likeness (QED) is 0.731. The molecule has 0 aliphatic carbocycles. The van der Waals surface area contributed by atoms with Gasteiger partial charge in [-0.2, -0.15) is 5.10 Å². The summed E-state index contributed by atoms with van der Waals surface area (Å²) in [6, 6.07) is 6.25. The predicted octanol–water partition coefficient (Wildman–Crippen LogP) is 0.871. The predicted molar refractivity (Wildman–Crippen MR) is 87.6 cm³/mol. The Morgan fingerprint density at radius 3 is 2.79 bits per heavy atom. The van der Waals surface area contributed by atoms with E-state index in [4.69, 9.17) is 4.74 Å². The van der Waals surface area contributed by atoms with Crippen LogP contribution in [-0.2, 0) is 21.4 Å². The molecule has 1 aromatic heterocycles. The molecule has 8 heteroatoms. The first-order valence-electron chi connectivity index (χ1n) is 7.30. The van der Waals surface area contributed by atoms with Gasteiger partial charge in [-0.05, 0) is 19.2 Å². The third-order valence-electron chi connectivity index (χ3n) is 3.29. The Kier molecular flexibility index (Phi) is 5.91. The number of esters is 1. The maximum Gasteiger partial charge on any atom is 0.343 e. The van der Waals surface area contributed by atoms with Gasteiger partial charge in [-0.3, -0.25) is 9.48 Å². The number of nitrogens with zero attached hydrogens (tertiary/aromatic N) is 2. The third-order valence-corrected chi connectivity index (χ3v) is 3.29. The van der Waals surface area contributed by atoms with Crippen LogP contribution in [-0.4, -0.2) is 42.4 Å². The number of amides is 1. The lowest BCUT2D eigenvalue weighted by atomic mass is 10.1. The Balaban J connectivity index is 2.04. The van der Waals surface area contributed by atoms with Crippen LogP contribution >= 0.6 is 0 Å². The Labute approximate surface area is 139 Å². The molecule has 2 rings (SSSR count). The van der Waals surface area contributed by atoms with Crippen molar-refractivity contribution in [2.24, 2.45) is 7.05 Å². The minimum absolute atomic E-state index is 0.192. The van der Waals surface area contributed by atoms with E-state index in [2.05, 4.69) is 20.5 Å². The zero-order chi connectivity index (χ0) is 17.5. The van der Waals surface area contributed by atoms with Crippen LogP contribution in [0.1, 0.15) is 11.6 Å². The van der Waals surface area contributed by atoms with E-state index in [1.165, 1.54) is 7.11 Å². The van der Waals surface area contributed by atoms with Gasteiger partial charge in [-0.25, -0.2) is 4.79 Å². The van der Waals surface area contributed by atoms with E-state index < -0.39 is 12.0 Å². The fourth-order valence-corrected chi connectivity index (χ4v) is 2.12. The summed E-state index contributed by atoms with van der Waals surface area (Å²) in [5.41, 5.74) is 1.32. The van der Waals surface area contributed by atoms with Crippen LogP contribution in [0.2, 0.25) is 0 Å². The summed E-state index contributed by atoms with van der Waals surface area (Å²) in [4.78, 5) is 23.6. The minimum atomic E-state index is -0.529. The van der Waals surface area contributed by atoms with Gasteiger partial charge in [0.1, 0.15) is 11.8 Å². The summed E-state index contributed by atoms with van der Waals surface area (Å²) < 4.78 is 11.4. The van der Waals surface area contributed by atoms with Gasteiger partial charge >= 0.3 is 5.97 Å². The smallest absolute Gasteiger partial charge is 0.343 e. The molecule has 1 unspecified atom stereocenters. The van der Waals surface area contributed by atoms with Crippen LogP contribution < -0.4 is 15.4 Å². The molecule has 0 spiro atoms. The highest BCUT2D eigenvalue weighted by atomic mass is 16.6. The van der Waals surface area contributed by atoms with Gasteiger partial charge in [0.25, 0.3) is 0 Å². The number of methoxy groups -OCH3 is 1. The fourth-order valence-electron chi connectivity index (χ4n) is 2.12. The molecule has 0 radical (unpaired) electrons. The zero-order valence-electron chi connectivity index (χ0n) is 13.8. The number of anilines is 1. The van der Waals surface area contributed by atoms with Crippen molar-refractivity contribution in [3.05, 3.63) is 42.2 Å². The number of nitrogens with one attached hydrogen (secondary N) is 2. The SMILES string of the molecule is CNC(C(=O)Nc1cccc(OCC(=O)OC)c1)c1cnn(C)c1. The largest absolute Gasteiger partial charge is 0.482 e. The fraction of sp³-hybridized carbons (Fsp3) is 0.312. The number of hydrogen-bond donors (Lipinski definition) is 2. The number of aromatic nitrogens is 2. The van der Waals surface area contributed by atoms with Crippen LogP contribution in [0.4, 0.5) is 5.69 Å². The molecule has 0 saturated heterocycles. The number of rotatable bonds is 7. The summed E-state index contributed by atoms with van der Waals surface area (Å²) in [6.07, 6.45) is 3.41. The van der Waals surface area contributed by atoms with Crippen LogP contribution in [0.15, 0.2) is 36.7 Å². The van der Waals surface area contributed by atoms with Crippen molar-refractivity contribution < 1.29 is 19.1 Å². The lowest BCUT2D eigenvalue weighted by molar-refractivity contribution is -0.142. The zero-order valence-corrected chi connectivity index (χ0v) is 13.8. The van der Waals surface area contributed by atoms with Gasteiger partial charge in [-0.15, -0.1) is 0 Å². The molecule has 1 atom stereocenters. The molecule has 1 amide bonds. The number of likely N-dealkylation sites (N-methyl/N-ethyl adjacent to an activating group) is 1. The first kappa shape index (κ1) is 17.5. The number of ether oxygens (including phenoxy) is 2. The van der Waals surface area contributed by atoms with Gasteiger partial charge in [-0.1, -0.05) is 6.07 Å². The highest BCUT2D eigenvalue weighted by Crippen LogP contribution is 2.20. The van der Waals surface area contributed by atoms with Gasteiger partial charge in [0, 0.05) is 30.6 Å². The van der Waals surface area contributed by atoms with Crippen molar-refractivity contribution in [2.75, 3.05) is 26.1 Å². The third kappa shape index (κ3) is 4.56. The molecule has 2 aromatic rings. The monoisotopic (exact) mass is 332 g/mol. The normalized spacial score (nSPS) is 11.6. The summed E-state index contributed by atoms with van der Waals surface area (Å²) in [5.74, 6) is -0.243. The van der Waals surface area contributed by atoms with Crippen molar-refractivity contribution in [1.82, 2.24) is 15.1 Å². The Morgan fingerprint density at radius 2 is 2.17 bits per heavy atom. The first-order valence-corrected chi connectivity index (χ1v) is 7.30. The molecule has 0 aliphatic rings. The minimum Gasteiger partial charge on any atom is -0.482 e. The number of carbonyl (C=O) groups is 2. The highest BCUT2D eigenvalue weighted by Gasteiger charge is 2.20. The average molecular weight is 332 g/mol. The molecule has 24 heavy (non-hydrogen) atoms. The second kappa shape index (κ2) is 8.11. The second-order valence-electron chi connectivity index (χ2n) is 5.05. The Hall–Kier alpha value is -2.87. The van der Waals surface area contributed by atoms with Crippen molar-refractivity contribution in [3.63, 3.8) is 0 Å². The van der Waals surface area contributed by atoms with E-state index in [0.29, 0.717) is 11.4 Å². The average Bonchev–Trinajstić information content (AvgIpc) is 2.99. The molecule has 1 aromatic carbocycles. The molecule has 0 fully saturated rings. The van der Waals surface area contributed by atoms with Crippen LogP contribution in [0, 0.1) is 0 Å². The molecule has 8 nitrogen and oxygen atoms in total. The van der Waals surface area contributed by atoms with Gasteiger partial charge in [0.05, 0.1) is 13.3 Å². The van der Waals surface area contributed by atoms with E-state index in [-0.39, 0.29) is 12.5 Å². The molecule has 2 N–H and O–H groups in total. The summed E-state index contributed by atoms with van der Waals surface area (Å²) in [6.45, 7) is -0.192. The summed E-state index contributed by atoms with van der Waals surface area (Å²) >= 11 is 0. The molecule has 128 valence electrons. The summed E-state index contributed by atoms with van der Waals surface area (Å²) in [7, 11) is 4.78. The second-order valence-corrected chi connectivity index (χ2v) is 5.05. The number of aryl methyl sites for hydroxylation is 1. The van der Waals surface area contributed by atoms with Crippen LogP contribution in [0.5, 0.6) is 5.75 Å². The molecule has 0 saturated carbocycles. The van der Waals surface area contributed by atoms with Crippen molar-refractivity contribution in [3.8, 4) is 5.75 Å². The lowest BCUT2D eigenvalue weighted by Crippen LogP contribution is -2.30. The van der Waals surface area contributed by atoms with Crippen molar-refractivity contribution in [1.29, 1.82) is 0 Å². The van der Waals surface area contributed by atoms with Crippen molar-refractivity contribution >= 4 is 17.6 Å². The Bertz CT molecular complexity index is 714. The van der Waals surface area contributed by atoms with Gasteiger partial charge in [0.2, 0.25) is 5.91 Å². The molecule has 0 aliphatic heterocycles. The van der Waals surface area contributed by atoms with Crippen LogP contribution in [0.25, 0.3) is 0 Å². The van der Waals surface area contributed by atoms with E-state index in [0.717, 1.165) is 5.56 Å². The van der Waals surface area contributed by atoms with Gasteiger partial charge in [0.15, 0.2) is 6.61 Å². The van der Waals surface area contributed by atoms with E-state index in [1.54, 1.807) is 55.4 Å². The maximum absolute atomic E-state index is 12.5. The lowest BCUT2D eigenvalue weighted by Gasteiger charge is -2.15. The van der Waals surface area contributed by atoms with E-state index in [9.17, 15) is 9.59 Å². The van der Waals surface area contributed by atoms with E-state index >= 15 is 0 Å². The van der Waals surface area contributed by atoms with Crippen molar-refractivity contribution in [2.45, 2.75) is 6.04 Å². The summed E-state index contributed by atoms with van der Waals surface area (Å²) in [5, 5.41) is 9.84. The molecular weight excluding hydrogens is 312 g/mol.